The molecule has 0 radical (unpaired) electrons. The van der Waals surface area contributed by atoms with Crippen LogP contribution in [0.2, 0.25) is 0 Å². The summed E-state index contributed by atoms with van der Waals surface area (Å²) >= 11 is 0. The summed E-state index contributed by atoms with van der Waals surface area (Å²) < 4.78 is 14.7. The Kier molecular flexibility index (Phi) is 9.81. The molecule has 0 aliphatic heterocycles. The van der Waals surface area contributed by atoms with Crippen LogP contribution in [0, 0.1) is 0 Å². The van der Waals surface area contributed by atoms with Gasteiger partial charge in [0.05, 0.1) is 12.2 Å². The van der Waals surface area contributed by atoms with Gasteiger partial charge in [0.2, 0.25) is 0 Å². The molecule has 118 valence electrons. The van der Waals surface area contributed by atoms with Gasteiger partial charge in [-0.25, -0.2) is 4.79 Å². The number of hydrogen-bond acceptors (Lipinski definition) is 7. The van der Waals surface area contributed by atoms with Gasteiger partial charge in [-0.2, -0.15) is 0 Å². The molecule has 0 N–H and O–H groups in total. The normalized spacial score (nSPS) is 11.0. The number of esters is 2. The third-order valence-electron chi connectivity index (χ3n) is 1.99. The number of carbonyl (C=O) groups is 4. The van der Waals surface area contributed by atoms with Gasteiger partial charge < -0.3 is 14.2 Å². The summed E-state index contributed by atoms with van der Waals surface area (Å²) in [5, 5.41) is 0. The van der Waals surface area contributed by atoms with Crippen molar-refractivity contribution in [2.75, 3.05) is 0 Å². The van der Waals surface area contributed by atoms with Crippen LogP contribution in [0.1, 0.15) is 41.5 Å². The molecule has 0 aliphatic carbocycles. The summed E-state index contributed by atoms with van der Waals surface area (Å²) in [7, 11) is 0. The van der Waals surface area contributed by atoms with E-state index in [1.54, 1.807) is 27.7 Å². The van der Waals surface area contributed by atoms with Crippen molar-refractivity contribution in [3.8, 4) is 0 Å². The number of ketones is 2. The molecule has 0 atom stereocenters. The van der Waals surface area contributed by atoms with Crippen LogP contribution in [0.25, 0.3) is 0 Å². The van der Waals surface area contributed by atoms with Crippen LogP contribution in [0.15, 0.2) is 0 Å². The molecule has 8 heteroatoms. The maximum atomic E-state index is 12.1. The Labute approximate surface area is 138 Å². The molecule has 0 aromatic carbocycles. The Balaban J connectivity index is 0. The molecule has 0 aromatic rings. The molecule has 0 amide bonds. The molecule has 0 aromatic heterocycles. The van der Waals surface area contributed by atoms with Crippen LogP contribution in [-0.2, 0) is 55.1 Å². The third kappa shape index (κ3) is 6.60. The van der Waals surface area contributed by atoms with Gasteiger partial charge in [0.1, 0.15) is 0 Å². The van der Waals surface area contributed by atoms with Crippen LogP contribution in [0.3, 0.4) is 0 Å². The van der Waals surface area contributed by atoms with E-state index in [-0.39, 0.29) is 21.7 Å². The summed E-state index contributed by atoms with van der Waals surface area (Å²) in [6.45, 7) is 8.32. The smallest absolute Gasteiger partial charge is 0.387 e. The Bertz CT molecular complexity index is 405. The Hall–Kier alpha value is -0.886. The van der Waals surface area contributed by atoms with Crippen molar-refractivity contribution in [1.82, 2.24) is 0 Å². The molecule has 0 fully saturated rings. The van der Waals surface area contributed by atoms with Crippen molar-refractivity contribution < 1.29 is 55.1 Å². The fourth-order valence-corrected chi connectivity index (χ4v) is 1.44. The van der Waals surface area contributed by atoms with E-state index in [1.165, 1.54) is 0 Å². The average molecular weight is 336 g/mol. The predicted octanol–water partition coefficient (Wildman–Crippen LogP) is 0.778. The Morgan fingerprint density at radius 2 is 1.24 bits per heavy atom. The van der Waals surface area contributed by atoms with E-state index in [4.69, 9.17) is 9.47 Å². The van der Waals surface area contributed by atoms with Crippen LogP contribution in [-0.4, -0.2) is 41.5 Å². The van der Waals surface area contributed by atoms with E-state index in [0.29, 0.717) is 0 Å². The number of rotatable bonds is 7. The van der Waals surface area contributed by atoms with Crippen LogP contribution >= 0.6 is 0 Å². The molecule has 0 saturated carbocycles. The minimum atomic E-state index is -2.39. The molecule has 7 nitrogen and oxygen atoms in total. The Morgan fingerprint density at radius 1 is 0.857 bits per heavy atom. The largest absolute Gasteiger partial charge is 0.388 e. The van der Waals surface area contributed by atoms with E-state index >= 15 is 0 Å². The summed E-state index contributed by atoms with van der Waals surface area (Å²) in [4.78, 5) is 46.2. The summed E-state index contributed by atoms with van der Waals surface area (Å²) in [5.74, 6) is -7.01. The fraction of sp³-hybridized carbons (Fsp3) is 0.692. The van der Waals surface area contributed by atoms with Crippen LogP contribution in [0.4, 0.5) is 0 Å². The minimum absolute atomic E-state index is 0. The van der Waals surface area contributed by atoms with Crippen LogP contribution in [0.5, 0.6) is 0 Å². The van der Waals surface area contributed by atoms with Gasteiger partial charge in [-0.3, -0.25) is 14.4 Å². The molecular formula is C13H20O7Ti. The maximum Gasteiger partial charge on any atom is 0.388 e. The first-order valence-electron chi connectivity index (χ1n) is 6.16. The standard InChI is InChI=1S/C13H20O7.Ti/c1-7(2)19-13(9(5)14,20-8(3)4)11(16)12(17)18-10(6)15;/h7-8H,1-6H3;. The van der Waals surface area contributed by atoms with Gasteiger partial charge in [-0.15, -0.1) is 0 Å². The quantitative estimate of drug-likeness (QED) is 0.223. The van der Waals surface area contributed by atoms with Gasteiger partial charge in [-0.05, 0) is 27.7 Å². The van der Waals surface area contributed by atoms with Crippen molar-refractivity contribution in [2.24, 2.45) is 0 Å². The van der Waals surface area contributed by atoms with Gasteiger partial charge >= 0.3 is 23.5 Å². The predicted molar refractivity (Wildman–Crippen MR) is 67.6 cm³/mol. The van der Waals surface area contributed by atoms with Gasteiger partial charge in [0.15, 0.2) is 5.78 Å². The van der Waals surface area contributed by atoms with Gasteiger partial charge in [0, 0.05) is 35.6 Å². The fourth-order valence-electron chi connectivity index (χ4n) is 1.44. The number of carbonyl (C=O) groups excluding carboxylic acids is 4. The van der Waals surface area contributed by atoms with Crippen molar-refractivity contribution in [3.05, 3.63) is 0 Å². The molecule has 0 bridgehead atoms. The first-order valence-corrected chi connectivity index (χ1v) is 6.16. The molecule has 21 heavy (non-hydrogen) atoms. The zero-order valence-corrected chi connectivity index (χ0v) is 14.6. The van der Waals surface area contributed by atoms with E-state index in [1.807, 2.05) is 0 Å². The van der Waals surface area contributed by atoms with Gasteiger partial charge in [0.25, 0.3) is 0 Å². The number of Topliss-reactive ketones (excluding diaryl/α,β-unsaturated/α-hetero) is 2. The first kappa shape index (κ1) is 22.4. The number of ether oxygens (including phenoxy) is 3. The topological polar surface area (TPSA) is 96.0 Å². The zero-order valence-electron chi connectivity index (χ0n) is 13.0. The van der Waals surface area contributed by atoms with Crippen molar-refractivity contribution in [3.63, 3.8) is 0 Å². The first-order chi connectivity index (χ1) is 9.02. The molecule has 0 saturated heterocycles. The van der Waals surface area contributed by atoms with E-state index in [9.17, 15) is 19.2 Å². The summed E-state index contributed by atoms with van der Waals surface area (Å²) in [6, 6.07) is 0. The van der Waals surface area contributed by atoms with E-state index in [0.717, 1.165) is 13.8 Å². The molecule has 0 aliphatic rings. The van der Waals surface area contributed by atoms with Crippen LogP contribution < -0.4 is 0 Å². The van der Waals surface area contributed by atoms with Crippen molar-refractivity contribution in [2.45, 2.75) is 59.5 Å². The monoisotopic (exact) mass is 336 g/mol. The average Bonchev–Trinajstić information content (AvgIpc) is 2.24. The molecule has 0 rings (SSSR count). The second-order valence-electron chi connectivity index (χ2n) is 4.72. The summed E-state index contributed by atoms with van der Waals surface area (Å²) in [5.41, 5.74) is 0. The van der Waals surface area contributed by atoms with Gasteiger partial charge in [-0.1, -0.05) is 0 Å². The molecular weight excluding hydrogens is 316 g/mol. The number of hydrogen-bond donors (Lipinski definition) is 0. The zero-order chi connectivity index (χ0) is 16.1. The van der Waals surface area contributed by atoms with Crippen molar-refractivity contribution in [1.29, 1.82) is 0 Å². The van der Waals surface area contributed by atoms with Crippen molar-refractivity contribution >= 4 is 23.5 Å². The maximum absolute atomic E-state index is 12.1. The SMILES string of the molecule is CC(=O)OC(=O)C(=O)C(OC(C)C)(OC(C)C)C(C)=O.[Ti]. The molecule has 0 spiro atoms. The molecule has 0 heterocycles. The molecule has 0 unspecified atom stereocenters. The van der Waals surface area contributed by atoms with E-state index < -0.39 is 41.5 Å². The minimum Gasteiger partial charge on any atom is -0.387 e. The third-order valence-corrected chi connectivity index (χ3v) is 1.99. The van der Waals surface area contributed by atoms with E-state index in [2.05, 4.69) is 4.74 Å². The second kappa shape index (κ2) is 9.20. The Morgan fingerprint density at radius 3 is 1.48 bits per heavy atom. The second-order valence-corrected chi connectivity index (χ2v) is 4.72. The summed E-state index contributed by atoms with van der Waals surface area (Å²) in [6.07, 6.45) is -1.13.